The fourth-order valence-electron chi connectivity index (χ4n) is 2.48. The number of pyridine rings is 1. The van der Waals surface area contributed by atoms with Crippen LogP contribution in [-0.2, 0) is 18.7 Å². The minimum absolute atomic E-state index is 0. The van der Waals surface area contributed by atoms with Gasteiger partial charge in [-0.25, -0.2) is 0 Å². The van der Waals surface area contributed by atoms with Gasteiger partial charge in [0.25, 0.3) is 0 Å². The largest absolute Gasteiger partial charge is 0.253 e. The maximum atomic E-state index is 6.07. The van der Waals surface area contributed by atoms with Crippen LogP contribution in [0.3, 0.4) is 0 Å². The van der Waals surface area contributed by atoms with Crippen LogP contribution in [0.25, 0.3) is 10.9 Å². The van der Waals surface area contributed by atoms with E-state index in [1.807, 2.05) is 18.2 Å². The minimum Gasteiger partial charge on any atom is -0.253 e. The zero-order chi connectivity index (χ0) is 11.1. The van der Waals surface area contributed by atoms with Gasteiger partial charge in [0.2, 0.25) is 0 Å². The van der Waals surface area contributed by atoms with Gasteiger partial charge in [-0.05, 0) is 48.6 Å². The Morgan fingerprint density at radius 3 is 2.82 bits per heavy atom. The number of rotatable bonds is 1. The molecule has 0 radical (unpaired) electrons. The van der Waals surface area contributed by atoms with E-state index in [-0.39, 0.29) is 12.4 Å². The molecule has 2 aromatic rings. The lowest BCUT2D eigenvalue weighted by Crippen LogP contribution is -1.96. The molecular formula is C13H12Cl3N. The van der Waals surface area contributed by atoms with Gasteiger partial charge in [0, 0.05) is 22.0 Å². The molecule has 0 saturated carbocycles. The van der Waals surface area contributed by atoms with Crippen molar-refractivity contribution in [2.24, 2.45) is 0 Å². The summed E-state index contributed by atoms with van der Waals surface area (Å²) in [5.41, 5.74) is 4.82. The molecule has 1 aliphatic carbocycles. The molecule has 90 valence electrons. The Balaban J connectivity index is 0.00000108. The smallest absolute Gasteiger partial charge is 0.0709 e. The van der Waals surface area contributed by atoms with E-state index in [1.165, 1.54) is 23.2 Å². The van der Waals surface area contributed by atoms with E-state index in [9.17, 15) is 0 Å². The van der Waals surface area contributed by atoms with Crippen LogP contribution in [0, 0.1) is 0 Å². The van der Waals surface area contributed by atoms with Gasteiger partial charge in [0.15, 0.2) is 0 Å². The quantitative estimate of drug-likeness (QED) is 0.702. The van der Waals surface area contributed by atoms with Crippen LogP contribution in [0.5, 0.6) is 0 Å². The van der Waals surface area contributed by atoms with Crippen molar-refractivity contribution < 1.29 is 0 Å². The number of aryl methyl sites for hydroxylation is 1. The lowest BCUT2D eigenvalue weighted by Gasteiger charge is -2.10. The second-order valence-electron chi connectivity index (χ2n) is 4.16. The van der Waals surface area contributed by atoms with Crippen LogP contribution < -0.4 is 0 Å². The van der Waals surface area contributed by atoms with Crippen LogP contribution in [0.4, 0.5) is 0 Å². The van der Waals surface area contributed by atoms with Crippen molar-refractivity contribution in [3.8, 4) is 0 Å². The molecule has 4 heteroatoms. The average Bonchev–Trinajstić information content (AvgIpc) is 2.73. The van der Waals surface area contributed by atoms with Crippen molar-refractivity contribution in [2.45, 2.75) is 25.1 Å². The molecule has 0 N–H and O–H groups in total. The molecular weight excluding hydrogens is 277 g/mol. The number of hydrogen-bond acceptors (Lipinski definition) is 1. The van der Waals surface area contributed by atoms with Crippen molar-refractivity contribution in [1.29, 1.82) is 0 Å². The van der Waals surface area contributed by atoms with E-state index in [1.54, 1.807) is 0 Å². The molecule has 0 fully saturated rings. The summed E-state index contributed by atoms with van der Waals surface area (Å²) in [5, 5.41) is 1.86. The Morgan fingerprint density at radius 2 is 2.06 bits per heavy atom. The fourth-order valence-corrected chi connectivity index (χ4v) is 2.96. The number of aromatic nitrogens is 1. The van der Waals surface area contributed by atoms with Gasteiger partial charge in [-0.1, -0.05) is 11.6 Å². The molecule has 0 amide bonds. The monoisotopic (exact) mass is 287 g/mol. The third-order valence-corrected chi connectivity index (χ3v) is 3.73. The van der Waals surface area contributed by atoms with Crippen LogP contribution in [-0.4, -0.2) is 4.98 Å². The molecule has 1 aliphatic rings. The maximum absolute atomic E-state index is 6.07. The fraction of sp³-hybridized carbons (Fsp3) is 0.308. The molecule has 17 heavy (non-hydrogen) atoms. The minimum atomic E-state index is 0. The number of alkyl halides is 1. The molecule has 1 heterocycles. The van der Waals surface area contributed by atoms with Gasteiger partial charge in [-0.15, -0.1) is 24.0 Å². The predicted octanol–water partition coefficient (Wildman–Crippen LogP) is 4.54. The van der Waals surface area contributed by atoms with Gasteiger partial charge in [-0.2, -0.15) is 0 Å². The third-order valence-electron chi connectivity index (χ3n) is 3.23. The number of halogens is 3. The van der Waals surface area contributed by atoms with E-state index in [4.69, 9.17) is 23.2 Å². The predicted molar refractivity (Wildman–Crippen MR) is 75.6 cm³/mol. The number of benzene rings is 1. The lowest BCUT2D eigenvalue weighted by molar-refractivity contribution is 0.899. The van der Waals surface area contributed by atoms with Gasteiger partial charge in [0.05, 0.1) is 5.52 Å². The standard InChI is InChI=1S/C13H11Cl2N.ClH/c14-7-11-9-2-1-3-12(9)16-13-5-4-8(15)6-10(11)13;/h4-6H,1-3,7H2;1H. The first-order chi connectivity index (χ1) is 7.79. The molecule has 3 rings (SSSR count). The molecule has 0 unspecified atom stereocenters. The van der Waals surface area contributed by atoms with E-state index in [0.29, 0.717) is 5.88 Å². The summed E-state index contributed by atoms with van der Waals surface area (Å²) in [6, 6.07) is 5.84. The Hall–Kier alpha value is -0.500. The van der Waals surface area contributed by atoms with E-state index in [0.717, 1.165) is 28.8 Å². The van der Waals surface area contributed by atoms with Crippen LogP contribution in [0.1, 0.15) is 23.2 Å². The normalized spacial score (nSPS) is 13.5. The molecule has 0 saturated heterocycles. The highest BCUT2D eigenvalue weighted by molar-refractivity contribution is 6.31. The highest BCUT2D eigenvalue weighted by atomic mass is 35.5. The van der Waals surface area contributed by atoms with Gasteiger partial charge in [0.1, 0.15) is 0 Å². The van der Waals surface area contributed by atoms with E-state index < -0.39 is 0 Å². The number of nitrogens with zero attached hydrogens (tertiary/aromatic N) is 1. The highest BCUT2D eigenvalue weighted by Crippen LogP contribution is 2.32. The van der Waals surface area contributed by atoms with Crippen molar-refractivity contribution in [3.63, 3.8) is 0 Å². The highest BCUT2D eigenvalue weighted by Gasteiger charge is 2.18. The Morgan fingerprint density at radius 1 is 1.24 bits per heavy atom. The first kappa shape index (κ1) is 12.9. The van der Waals surface area contributed by atoms with Crippen molar-refractivity contribution >= 4 is 46.5 Å². The van der Waals surface area contributed by atoms with Crippen molar-refractivity contribution in [1.82, 2.24) is 4.98 Å². The maximum Gasteiger partial charge on any atom is 0.0709 e. The molecule has 1 aromatic heterocycles. The molecule has 0 aliphatic heterocycles. The van der Waals surface area contributed by atoms with Gasteiger partial charge in [-0.3, -0.25) is 4.98 Å². The Bertz CT molecular complexity index is 566. The lowest BCUT2D eigenvalue weighted by atomic mass is 10.0. The summed E-state index contributed by atoms with van der Waals surface area (Å²) in [5.74, 6) is 0.543. The summed E-state index contributed by atoms with van der Waals surface area (Å²) in [6.45, 7) is 0. The molecule has 1 nitrogen and oxygen atoms in total. The second kappa shape index (κ2) is 5.01. The first-order valence-corrected chi connectivity index (χ1v) is 6.36. The summed E-state index contributed by atoms with van der Waals surface area (Å²) in [7, 11) is 0. The summed E-state index contributed by atoms with van der Waals surface area (Å²) in [4.78, 5) is 4.69. The molecule has 0 spiro atoms. The summed E-state index contributed by atoms with van der Waals surface area (Å²) in [6.07, 6.45) is 3.38. The summed E-state index contributed by atoms with van der Waals surface area (Å²) >= 11 is 12.1. The molecule has 1 aromatic carbocycles. The van der Waals surface area contributed by atoms with Crippen molar-refractivity contribution in [2.75, 3.05) is 0 Å². The second-order valence-corrected chi connectivity index (χ2v) is 4.87. The van der Waals surface area contributed by atoms with Crippen LogP contribution >= 0.6 is 35.6 Å². The Kier molecular flexibility index (Phi) is 3.82. The zero-order valence-corrected chi connectivity index (χ0v) is 11.5. The topological polar surface area (TPSA) is 12.9 Å². The summed E-state index contributed by atoms with van der Waals surface area (Å²) < 4.78 is 0. The zero-order valence-electron chi connectivity index (χ0n) is 9.17. The number of hydrogen-bond donors (Lipinski definition) is 0. The van der Waals surface area contributed by atoms with E-state index in [2.05, 4.69) is 4.98 Å². The van der Waals surface area contributed by atoms with Gasteiger partial charge >= 0.3 is 0 Å². The van der Waals surface area contributed by atoms with Crippen LogP contribution in [0.2, 0.25) is 5.02 Å². The molecule has 0 bridgehead atoms. The van der Waals surface area contributed by atoms with Gasteiger partial charge < -0.3 is 0 Å². The van der Waals surface area contributed by atoms with Crippen LogP contribution in [0.15, 0.2) is 18.2 Å². The SMILES string of the molecule is Cl.ClCc1c2c(nc3ccc(Cl)cc13)CCC2. The third kappa shape index (κ3) is 2.12. The first-order valence-electron chi connectivity index (χ1n) is 5.45. The Labute approximate surface area is 117 Å². The molecule has 0 atom stereocenters. The average molecular weight is 289 g/mol. The van der Waals surface area contributed by atoms with E-state index >= 15 is 0 Å². The van der Waals surface area contributed by atoms with Crippen molar-refractivity contribution in [3.05, 3.63) is 40.0 Å². The number of fused-ring (bicyclic) bond motifs is 2.